The number of rotatable bonds is 2. The number of benzene rings is 1. The molecular formula is C14H20. The molecule has 76 valence electrons. The molecule has 1 aliphatic rings. The van der Waals surface area contributed by atoms with Crippen molar-refractivity contribution in [2.24, 2.45) is 0 Å². The van der Waals surface area contributed by atoms with Crippen LogP contribution in [0.15, 0.2) is 18.2 Å². The zero-order valence-corrected chi connectivity index (χ0v) is 9.51. The van der Waals surface area contributed by atoms with Gasteiger partial charge in [0.05, 0.1) is 0 Å². The van der Waals surface area contributed by atoms with Gasteiger partial charge in [-0.05, 0) is 47.8 Å². The van der Waals surface area contributed by atoms with Gasteiger partial charge in [0, 0.05) is 0 Å². The van der Waals surface area contributed by atoms with Crippen LogP contribution < -0.4 is 0 Å². The first-order chi connectivity index (χ1) is 6.72. The number of hydrogen-bond acceptors (Lipinski definition) is 0. The van der Waals surface area contributed by atoms with E-state index in [1.54, 1.807) is 11.1 Å². The Labute approximate surface area is 87.3 Å². The van der Waals surface area contributed by atoms with Gasteiger partial charge in [-0.15, -0.1) is 0 Å². The van der Waals surface area contributed by atoms with Gasteiger partial charge >= 0.3 is 0 Å². The van der Waals surface area contributed by atoms with E-state index in [-0.39, 0.29) is 0 Å². The minimum absolute atomic E-state index is 0.665. The van der Waals surface area contributed by atoms with Crippen molar-refractivity contribution in [1.29, 1.82) is 0 Å². The molecule has 0 aliphatic heterocycles. The first kappa shape index (κ1) is 9.76. The fourth-order valence-corrected chi connectivity index (χ4v) is 2.49. The van der Waals surface area contributed by atoms with E-state index in [9.17, 15) is 0 Å². The molecule has 0 fully saturated rings. The van der Waals surface area contributed by atoms with Crippen molar-refractivity contribution in [3.63, 3.8) is 0 Å². The Hall–Kier alpha value is -0.780. The molecular weight excluding hydrogens is 168 g/mol. The highest BCUT2D eigenvalue weighted by Gasteiger charge is 2.21. The van der Waals surface area contributed by atoms with Gasteiger partial charge in [0.25, 0.3) is 0 Å². The highest BCUT2D eigenvalue weighted by atomic mass is 14.3. The van der Waals surface area contributed by atoms with Gasteiger partial charge in [0.15, 0.2) is 0 Å². The van der Waals surface area contributed by atoms with Crippen molar-refractivity contribution in [3.05, 3.63) is 34.9 Å². The van der Waals surface area contributed by atoms with E-state index in [1.165, 1.54) is 24.8 Å². The molecule has 0 heterocycles. The normalized spacial score (nSPS) is 20.1. The molecule has 1 unspecified atom stereocenters. The summed E-state index contributed by atoms with van der Waals surface area (Å²) in [6.07, 6.45) is 3.97. The quantitative estimate of drug-likeness (QED) is 0.651. The van der Waals surface area contributed by atoms with Crippen LogP contribution in [0.5, 0.6) is 0 Å². The van der Waals surface area contributed by atoms with Crippen molar-refractivity contribution in [2.75, 3.05) is 0 Å². The number of hydrogen-bond donors (Lipinski definition) is 0. The van der Waals surface area contributed by atoms with E-state index in [0.717, 1.165) is 5.92 Å². The number of fused-ring (bicyclic) bond motifs is 1. The second-order valence-corrected chi connectivity index (χ2v) is 4.76. The molecule has 0 radical (unpaired) electrons. The highest BCUT2D eigenvalue weighted by Crippen LogP contribution is 2.36. The third-order valence-corrected chi connectivity index (χ3v) is 3.53. The Morgan fingerprint density at radius 3 is 2.79 bits per heavy atom. The summed E-state index contributed by atoms with van der Waals surface area (Å²) in [7, 11) is 0. The van der Waals surface area contributed by atoms with Crippen molar-refractivity contribution < 1.29 is 0 Å². The van der Waals surface area contributed by atoms with Gasteiger partial charge in [-0.2, -0.15) is 0 Å². The van der Waals surface area contributed by atoms with E-state index in [1.807, 2.05) is 0 Å². The van der Waals surface area contributed by atoms with Gasteiger partial charge in [-0.25, -0.2) is 0 Å². The molecule has 0 nitrogen and oxygen atoms in total. The minimum atomic E-state index is 0.665. The Morgan fingerprint density at radius 1 is 1.36 bits per heavy atom. The van der Waals surface area contributed by atoms with Crippen LogP contribution in [-0.2, 0) is 6.42 Å². The Bertz CT molecular complexity index is 323. The molecule has 0 aromatic heterocycles. The summed E-state index contributed by atoms with van der Waals surface area (Å²) in [6, 6.07) is 7.10. The average Bonchev–Trinajstić information content (AvgIpc) is 2.59. The van der Waals surface area contributed by atoms with Crippen molar-refractivity contribution in [3.8, 4) is 0 Å². The summed E-state index contributed by atoms with van der Waals surface area (Å²) >= 11 is 0. The molecule has 1 aliphatic carbocycles. The van der Waals surface area contributed by atoms with Crippen LogP contribution in [0, 0.1) is 0 Å². The van der Waals surface area contributed by atoms with Crippen LogP contribution in [0.1, 0.15) is 62.1 Å². The summed E-state index contributed by atoms with van der Waals surface area (Å²) in [6.45, 7) is 6.86. The van der Waals surface area contributed by atoms with Crippen LogP contribution in [0.2, 0.25) is 0 Å². The maximum absolute atomic E-state index is 2.45. The lowest BCUT2D eigenvalue weighted by molar-refractivity contribution is 0.655. The molecule has 2 rings (SSSR count). The van der Waals surface area contributed by atoms with Crippen molar-refractivity contribution in [2.45, 2.75) is 51.9 Å². The van der Waals surface area contributed by atoms with E-state index < -0.39 is 0 Å². The topological polar surface area (TPSA) is 0 Å². The summed E-state index contributed by atoms with van der Waals surface area (Å²) in [4.78, 5) is 0. The molecule has 1 atom stereocenters. The zero-order valence-electron chi connectivity index (χ0n) is 9.51. The molecule has 0 saturated heterocycles. The van der Waals surface area contributed by atoms with Crippen LogP contribution in [-0.4, -0.2) is 0 Å². The lowest BCUT2D eigenvalue weighted by Gasteiger charge is -2.12. The Morgan fingerprint density at radius 2 is 2.14 bits per heavy atom. The van der Waals surface area contributed by atoms with E-state index in [0.29, 0.717) is 5.92 Å². The lowest BCUT2D eigenvalue weighted by atomic mass is 9.93. The van der Waals surface area contributed by atoms with Crippen LogP contribution in [0.3, 0.4) is 0 Å². The van der Waals surface area contributed by atoms with E-state index >= 15 is 0 Å². The van der Waals surface area contributed by atoms with E-state index in [2.05, 4.69) is 39.0 Å². The summed E-state index contributed by atoms with van der Waals surface area (Å²) < 4.78 is 0. The van der Waals surface area contributed by atoms with Gasteiger partial charge in [-0.1, -0.05) is 39.0 Å². The first-order valence-electron chi connectivity index (χ1n) is 5.85. The fourth-order valence-electron chi connectivity index (χ4n) is 2.49. The van der Waals surface area contributed by atoms with Gasteiger partial charge in [0.1, 0.15) is 0 Å². The smallest absolute Gasteiger partial charge is 0.0159 e. The predicted molar refractivity (Wildman–Crippen MR) is 61.9 cm³/mol. The van der Waals surface area contributed by atoms with Crippen molar-refractivity contribution >= 4 is 0 Å². The number of aryl methyl sites for hydroxylation is 1. The second-order valence-electron chi connectivity index (χ2n) is 4.76. The molecule has 1 aromatic carbocycles. The Balaban J connectivity index is 2.37. The molecule has 0 saturated carbocycles. The van der Waals surface area contributed by atoms with Crippen molar-refractivity contribution in [1.82, 2.24) is 0 Å². The average molecular weight is 188 g/mol. The molecule has 0 amide bonds. The highest BCUT2D eigenvalue weighted by molar-refractivity contribution is 5.39. The molecule has 0 heteroatoms. The molecule has 0 bridgehead atoms. The monoisotopic (exact) mass is 188 g/mol. The standard InChI is InChI=1S/C14H20/c1-4-11-5-6-12-7-8-13(10(2)3)9-14(11)12/h7-11H,4-6H2,1-3H3. The minimum Gasteiger partial charge on any atom is -0.0648 e. The third-order valence-electron chi connectivity index (χ3n) is 3.53. The van der Waals surface area contributed by atoms with Gasteiger partial charge in [-0.3, -0.25) is 0 Å². The zero-order chi connectivity index (χ0) is 10.1. The maximum atomic E-state index is 2.45. The van der Waals surface area contributed by atoms with Crippen LogP contribution in [0.4, 0.5) is 0 Å². The summed E-state index contributed by atoms with van der Waals surface area (Å²) in [5.41, 5.74) is 4.74. The van der Waals surface area contributed by atoms with Gasteiger partial charge < -0.3 is 0 Å². The molecule has 0 N–H and O–H groups in total. The molecule has 14 heavy (non-hydrogen) atoms. The second kappa shape index (κ2) is 3.76. The van der Waals surface area contributed by atoms with Crippen LogP contribution in [0.25, 0.3) is 0 Å². The fraction of sp³-hybridized carbons (Fsp3) is 0.571. The maximum Gasteiger partial charge on any atom is -0.0159 e. The largest absolute Gasteiger partial charge is 0.0648 e. The molecule has 1 aromatic rings. The SMILES string of the molecule is CCC1CCc2ccc(C(C)C)cc21. The summed E-state index contributed by atoms with van der Waals surface area (Å²) in [5.74, 6) is 1.50. The lowest BCUT2D eigenvalue weighted by Crippen LogP contribution is -1.94. The first-order valence-corrected chi connectivity index (χ1v) is 5.85. The van der Waals surface area contributed by atoms with Gasteiger partial charge in [0.2, 0.25) is 0 Å². The Kier molecular flexibility index (Phi) is 2.62. The molecule has 0 spiro atoms. The van der Waals surface area contributed by atoms with E-state index in [4.69, 9.17) is 0 Å². The third kappa shape index (κ3) is 1.58. The van der Waals surface area contributed by atoms with Crippen LogP contribution >= 0.6 is 0 Å². The predicted octanol–water partition coefficient (Wildman–Crippen LogP) is 4.25. The summed E-state index contributed by atoms with van der Waals surface area (Å²) in [5, 5.41) is 0.